The highest BCUT2D eigenvalue weighted by Gasteiger charge is 2.31. The summed E-state index contributed by atoms with van der Waals surface area (Å²) in [7, 11) is 0. The molecule has 3 rings (SSSR count). The van der Waals surface area contributed by atoms with Gasteiger partial charge in [0.2, 0.25) is 17.2 Å². The van der Waals surface area contributed by atoms with Gasteiger partial charge in [0.1, 0.15) is 0 Å². The van der Waals surface area contributed by atoms with Crippen molar-refractivity contribution in [1.82, 2.24) is 15.0 Å². The Hall–Kier alpha value is -1.10. The average Bonchev–Trinajstić information content (AvgIpc) is 2.98. The lowest BCUT2D eigenvalue weighted by atomic mass is 9.92. The minimum absolute atomic E-state index is 0.279. The van der Waals surface area contributed by atoms with Gasteiger partial charge in [-0.05, 0) is 49.1 Å². The molecule has 0 aromatic carbocycles. The van der Waals surface area contributed by atoms with E-state index in [0.29, 0.717) is 23.4 Å². The second-order valence-corrected chi connectivity index (χ2v) is 7.01. The SMILES string of the molecule is CC1(C)CCC(Nc2nc(Cl)nc(N3CCCC3)n2)C1. The van der Waals surface area contributed by atoms with Crippen molar-refractivity contribution in [1.29, 1.82) is 0 Å². The Morgan fingerprint density at radius 3 is 2.60 bits per heavy atom. The first-order chi connectivity index (χ1) is 9.52. The molecule has 0 spiro atoms. The van der Waals surface area contributed by atoms with Crippen molar-refractivity contribution < 1.29 is 0 Å². The van der Waals surface area contributed by atoms with Gasteiger partial charge in [0.05, 0.1) is 0 Å². The zero-order valence-corrected chi connectivity index (χ0v) is 12.9. The molecule has 1 aliphatic heterocycles. The molecule has 1 aliphatic carbocycles. The van der Waals surface area contributed by atoms with Gasteiger partial charge in [0.15, 0.2) is 0 Å². The quantitative estimate of drug-likeness (QED) is 0.928. The third-order valence-corrected chi connectivity index (χ3v) is 4.46. The maximum absolute atomic E-state index is 6.04. The lowest BCUT2D eigenvalue weighted by Gasteiger charge is -2.19. The number of hydrogen-bond donors (Lipinski definition) is 1. The van der Waals surface area contributed by atoms with Crippen LogP contribution >= 0.6 is 11.6 Å². The average molecular weight is 296 g/mol. The van der Waals surface area contributed by atoms with Crippen molar-refractivity contribution in [3.8, 4) is 0 Å². The third-order valence-electron chi connectivity index (χ3n) is 4.29. The summed E-state index contributed by atoms with van der Waals surface area (Å²) < 4.78 is 0. The molecule has 2 aliphatic rings. The number of halogens is 1. The fourth-order valence-electron chi connectivity index (χ4n) is 3.20. The molecule has 2 fully saturated rings. The van der Waals surface area contributed by atoms with Crippen molar-refractivity contribution in [3.05, 3.63) is 5.28 Å². The van der Waals surface area contributed by atoms with Crippen molar-refractivity contribution in [2.24, 2.45) is 5.41 Å². The first kappa shape index (κ1) is 13.9. The number of rotatable bonds is 3. The molecule has 1 atom stereocenters. The van der Waals surface area contributed by atoms with E-state index in [-0.39, 0.29) is 5.28 Å². The molecular formula is C14H22ClN5. The maximum atomic E-state index is 6.04. The van der Waals surface area contributed by atoms with Crippen LogP contribution in [-0.4, -0.2) is 34.1 Å². The van der Waals surface area contributed by atoms with Crippen molar-refractivity contribution in [3.63, 3.8) is 0 Å². The van der Waals surface area contributed by atoms with Crippen molar-refractivity contribution >= 4 is 23.5 Å². The van der Waals surface area contributed by atoms with Gasteiger partial charge in [-0.1, -0.05) is 13.8 Å². The molecule has 2 heterocycles. The lowest BCUT2D eigenvalue weighted by Crippen LogP contribution is -2.23. The molecule has 0 radical (unpaired) electrons. The second-order valence-electron chi connectivity index (χ2n) is 6.67. The predicted octanol–water partition coefficient (Wildman–Crippen LogP) is 3.12. The van der Waals surface area contributed by atoms with E-state index in [2.05, 4.69) is 39.0 Å². The normalized spacial score (nSPS) is 25.1. The molecule has 1 unspecified atom stereocenters. The summed E-state index contributed by atoms with van der Waals surface area (Å²) in [5.74, 6) is 1.33. The summed E-state index contributed by atoms with van der Waals surface area (Å²) in [6.07, 6.45) is 5.94. The van der Waals surface area contributed by atoms with E-state index in [1.54, 1.807) is 0 Å². The maximum Gasteiger partial charge on any atom is 0.231 e. The number of hydrogen-bond acceptors (Lipinski definition) is 5. The molecule has 0 bridgehead atoms. The van der Waals surface area contributed by atoms with Gasteiger partial charge in [0, 0.05) is 19.1 Å². The van der Waals surface area contributed by atoms with E-state index in [0.717, 1.165) is 25.9 Å². The fourth-order valence-corrected chi connectivity index (χ4v) is 3.36. The topological polar surface area (TPSA) is 53.9 Å². The van der Waals surface area contributed by atoms with Crippen LogP contribution in [0.15, 0.2) is 0 Å². The summed E-state index contributed by atoms with van der Waals surface area (Å²) >= 11 is 6.04. The van der Waals surface area contributed by atoms with Crippen LogP contribution in [0.5, 0.6) is 0 Å². The number of nitrogens with zero attached hydrogens (tertiary/aromatic N) is 4. The molecule has 1 N–H and O–H groups in total. The van der Waals surface area contributed by atoms with Gasteiger partial charge >= 0.3 is 0 Å². The van der Waals surface area contributed by atoms with Crippen LogP contribution in [0.1, 0.15) is 46.0 Å². The van der Waals surface area contributed by atoms with Crippen LogP contribution in [0.4, 0.5) is 11.9 Å². The van der Waals surface area contributed by atoms with Gasteiger partial charge in [-0.25, -0.2) is 0 Å². The molecule has 1 saturated heterocycles. The summed E-state index contributed by atoms with van der Waals surface area (Å²) in [5, 5.41) is 3.71. The van der Waals surface area contributed by atoms with Gasteiger partial charge < -0.3 is 10.2 Å². The Labute approximate surface area is 125 Å². The molecule has 6 heteroatoms. The molecule has 1 aromatic heterocycles. The van der Waals surface area contributed by atoms with E-state index in [1.807, 2.05) is 0 Å². The van der Waals surface area contributed by atoms with Crippen molar-refractivity contribution in [2.45, 2.75) is 52.0 Å². The summed E-state index contributed by atoms with van der Waals surface area (Å²) in [4.78, 5) is 15.2. The smallest absolute Gasteiger partial charge is 0.231 e. The van der Waals surface area contributed by atoms with Gasteiger partial charge in [0.25, 0.3) is 0 Å². The molecule has 1 aromatic rings. The molecule has 20 heavy (non-hydrogen) atoms. The molecule has 1 saturated carbocycles. The van der Waals surface area contributed by atoms with Crippen LogP contribution < -0.4 is 10.2 Å². The second kappa shape index (κ2) is 5.35. The summed E-state index contributed by atoms with van der Waals surface area (Å²) in [5.41, 5.74) is 0.409. The Morgan fingerprint density at radius 2 is 1.95 bits per heavy atom. The third kappa shape index (κ3) is 3.14. The van der Waals surface area contributed by atoms with Crippen LogP contribution in [0.3, 0.4) is 0 Å². The number of anilines is 2. The van der Waals surface area contributed by atoms with E-state index in [9.17, 15) is 0 Å². The molecule has 0 amide bonds. The Morgan fingerprint density at radius 1 is 1.20 bits per heavy atom. The molecule has 5 nitrogen and oxygen atoms in total. The highest BCUT2D eigenvalue weighted by atomic mass is 35.5. The first-order valence-electron chi connectivity index (χ1n) is 7.45. The highest BCUT2D eigenvalue weighted by molar-refractivity contribution is 6.28. The lowest BCUT2D eigenvalue weighted by molar-refractivity contribution is 0.378. The van der Waals surface area contributed by atoms with Gasteiger partial charge in [-0.2, -0.15) is 15.0 Å². The van der Waals surface area contributed by atoms with Crippen LogP contribution in [-0.2, 0) is 0 Å². The zero-order valence-electron chi connectivity index (χ0n) is 12.2. The van der Waals surface area contributed by atoms with Crippen molar-refractivity contribution in [2.75, 3.05) is 23.3 Å². The van der Waals surface area contributed by atoms with Gasteiger partial charge in [-0.3, -0.25) is 0 Å². The molecule has 110 valence electrons. The van der Waals surface area contributed by atoms with E-state index < -0.39 is 0 Å². The van der Waals surface area contributed by atoms with E-state index in [1.165, 1.54) is 19.3 Å². The Kier molecular flexibility index (Phi) is 3.71. The monoisotopic (exact) mass is 295 g/mol. The minimum atomic E-state index is 0.279. The minimum Gasteiger partial charge on any atom is -0.351 e. The Balaban J connectivity index is 1.73. The van der Waals surface area contributed by atoms with Crippen LogP contribution in [0, 0.1) is 5.41 Å². The van der Waals surface area contributed by atoms with Crippen LogP contribution in [0.2, 0.25) is 5.28 Å². The van der Waals surface area contributed by atoms with Crippen LogP contribution in [0.25, 0.3) is 0 Å². The summed E-state index contributed by atoms with van der Waals surface area (Å²) in [6, 6.07) is 0.440. The Bertz CT molecular complexity index is 484. The largest absolute Gasteiger partial charge is 0.351 e. The summed E-state index contributed by atoms with van der Waals surface area (Å²) in [6.45, 7) is 6.64. The predicted molar refractivity (Wildman–Crippen MR) is 81.3 cm³/mol. The van der Waals surface area contributed by atoms with E-state index >= 15 is 0 Å². The first-order valence-corrected chi connectivity index (χ1v) is 7.83. The van der Waals surface area contributed by atoms with Gasteiger partial charge in [-0.15, -0.1) is 0 Å². The fraction of sp³-hybridized carbons (Fsp3) is 0.786. The molecular weight excluding hydrogens is 274 g/mol. The highest BCUT2D eigenvalue weighted by Crippen LogP contribution is 2.38. The standard InChI is InChI=1S/C14H22ClN5/c1-14(2)6-5-10(9-14)16-12-17-11(15)18-13(19-12)20-7-3-4-8-20/h10H,3-9H2,1-2H3,(H,16,17,18,19). The number of nitrogens with one attached hydrogen (secondary N) is 1. The van der Waals surface area contributed by atoms with E-state index in [4.69, 9.17) is 11.6 Å². The number of aromatic nitrogens is 3. The zero-order chi connectivity index (χ0) is 14.2.